The summed E-state index contributed by atoms with van der Waals surface area (Å²) in [5.74, 6) is -0.889. The smallest absolute Gasteiger partial charge is 0.234 e. The van der Waals surface area contributed by atoms with Crippen LogP contribution in [0.15, 0.2) is 24.3 Å². The molecule has 3 N–H and O–H groups in total. The van der Waals surface area contributed by atoms with Crippen molar-refractivity contribution in [1.29, 1.82) is 0 Å². The average Bonchev–Trinajstić information content (AvgIpc) is 2.79. The Bertz CT molecular complexity index is 535. The molecule has 21 heavy (non-hydrogen) atoms. The van der Waals surface area contributed by atoms with Crippen LogP contribution in [0, 0.1) is 17.7 Å². The van der Waals surface area contributed by atoms with E-state index >= 15 is 0 Å². The fraction of sp³-hybridized carbons (Fsp3) is 0.467. The Morgan fingerprint density at radius 1 is 1.38 bits per heavy atom. The van der Waals surface area contributed by atoms with Gasteiger partial charge in [-0.1, -0.05) is 25.1 Å². The first-order valence-electron chi connectivity index (χ1n) is 6.99. The third-order valence-electron chi connectivity index (χ3n) is 3.85. The molecule has 1 aromatic carbocycles. The summed E-state index contributed by atoms with van der Waals surface area (Å²) in [5.41, 5.74) is 5.78. The highest BCUT2D eigenvalue weighted by Crippen LogP contribution is 2.22. The number of primary amides is 1. The number of benzene rings is 1. The van der Waals surface area contributed by atoms with Crippen LogP contribution in [0.25, 0.3) is 0 Å². The van der Waals surface area contributed by atoms with Crippen molar-refractivity contribution in [2.24, 2.45) is 17.6 Å². The van der Waals surface area contributed by atoms with Crippen molar-refractivity contribution in [3.05, 3.63) is 35.6 Å². The van der Waals surface area contributed by atoms with Crippen LogP contribution in [0.4, 0.5) is 4.39 Å². The first-order valence-corrected chi connectivity index (χ1v) is 6.99. The van der Waals surface area contributed by atoms with E-state index in [1.54, 1.807) is 18.2 Å². The Morgan fingerprint density at radius 3 is 2.71 bits per heavy atom. The van der Waals surface area contributed by atoms with Crippen molar-refractivity contribution in [1.82, 2.24) is 10.2 Å². The van der Waals surface area contributed by atoms with E-state index in [-0.39, 0.29) is 42.6 Å². The minimum atomic E-state index is -0.332. The normalized spacial score (nSPS) is 22.2. The van der Waals surface area contributed by atoms with Gasteiger partial charge in [0.05, 0.1) is 12.5 Å². The zero-order chi connectivity index (χ0) is 15.4. The molecule has 0 saturated carbocycles. The minimum absolute atomic E-state index is 0.155. The third kappa shape index (κ3) is 4.01. The molecule has 0 unspecified atom stereocenters. The summed E-state index contributed by atoms with van der Waals surface area (Å²) in [6, 6.07) is 6.33. The van der Waals surface area contributed by atoms with E-state index in [1.807, 2.05) is 11.8 Å². The van der Waals surface area contributed by atoms with Crippen molar-refractivity contribution in [2.45, 2.75) is 13.5 Å². The summed E-state index contributed by atoms with van der Waals surface area (Å²) in [7, 11) is 0. The van der Waals surface area contributed by atoms with Crippen molar-refractivity contribution in [3.8, 4) is 0 Å². The van der Waals surface area contributed by atoms with Crippen molar-refractivity contribution in [3.63, 3.8) is 0 Å². The molecule has 2 amide bonds. The van der Waals surface area contributed by atoms with Gasteiger partial charge in [-0.2, -0.15) is 0 Å². The van der Waals surface area contributed by atoms with Crippen LogP contribution in [0.5, 0.6) is 0 Å². The largest absolute Gasteiger partial charge is 0.369 e. The van der Waals surface area contributed by atoms with E-state index < -0.39 is 0 Å². The summed E-state index contributed by atoms with van der Waals surface area (Å²) in [6.45, 7) is 3.48. The topological polar surface area (TPSA) is 75.4 Å². The number of carbonyl (C=O) groups is 2. The number of carbonyl (C=O) groups excluding carboxylic acids is 2. The highest BCUT2D eigenvalue weighted by molar-refractivity contribution is 5.79. The molecule has 1 aromatic rings. The lowest BCUT2D eigenvalue weighted by Crippen LogP contribution is -2.36. The Labute approximate surface area is 123 Å². The Hall–Kier alpha value is -1.95. The first kappa shape index (κ1) is 15.4. The van der Waals surface area contributed by atoms with Crippen LogP contribution in [0.2, 0.25) is 0 Å². The van der Waals surface area contributed by atoms with Crippen LogP contribution in [-0.2, 0) is 16.1 Å². The molecule has 1 heterocycles. The number of hydrogen-bond acceptors (Lipinski definition) is 3. The molecule has 6 heteroatoms. The Kier molecular flexibility index (Phi) is 4.90. The van der Waals surface area contributed by atoms with Crippen molar-refractivity contribution >= 4 is 11.8 Å². The fourth-order valence-electron chi connectivity index (χ4n) is 2.66. The molecule has 2 rings (SSSR count). The first-order chi connectivity index (χ1) is 9.97. The van der Waals surface area contributed by atoms with Crippen LogP contribution >= 0.6 is 0 Å². The van der Waals surface area contributed by atoms with Crippen molar-refractivity contribution < 1.29 is 14.0 Å². The van der Waals surface area contributed by atoms with E-state index in [9.17, 15) is 14.0 Å². The van der Waals surface area contributed by atoms with Crippen LogP contribution < -0.4 is 11.1 Å². The average molecular weight is 293 g/mol. The number of nitrogens with one attached hydrogen (secondary N) is 1. The molecular weight excluding hydrogens is 273 g/mol. The van der Waals surface area contributed by atoms with Gasteiger partial charge in [0.2, 0.25) is 11.8 Å². The van der Waals surface area contributed by atoms with Gasteiger partial charge < -0.3 is 11.1 Å². The molecule has 0 bridgehead atoms. The molecule has 114 valence electrons. The predicted octanol–water partition coefficient (Wildman–Crippen LogP) is 0.495. The molecule has 2 atom stereocenters. The number of hydrogen-bond donors (Lipinski definition) is 2. The van der Waals surface area contributed by atoms with Gasteiger partial charge in [0.25, 0.3) is 0 Å². The molecule has 1 aliphatic rings. The van der Waals surface area contributed by atoms with Crippen LogP contribution in [-0.4, -0.2) is 36.3 Å². The molecule has 0 radical (unpaired) electrons. The summed E-state index contributed by atoms with van der Waals surface area (Å²) in [4.78, 5) is 25.0. The zero-order valence-corrected chi connectivity index (χ0v) is 12.0. The molecular formula is C15H20FN3O2. The van der Waals surface area contributed by atoms with Gasteiger partial charge >= 0.3 is 0 Å². The fourth-order valence-corrected chi connectivity index (χ4v) is 2.66. The van der Waals surface area contributed by atoms with Crippen LogP contribution in [0.3, 0.4) is 0 Å². The van der Waals surface area contributed by atoms with Gasteiger partial charge in [-0.15, -0.1) is 0 Å². The molecule has 0 spiro atoms. The van der Waals surface area contributed by atoms with E-state index in [2.05, 4.69) is 5.32 Å². The molecule has 5 nitrogen and oxygen atoms in total. The number of rotatable bonds is 5. The number of halogens is 1. The van der Waals surface area contributed by atoms with Crippen LogP contribution in [0.1, 0.15) is 12.5 Å². The van der Waals surface area contributed by atoms with Crippen molar-refractivity contribution in [2.75, 3.05) is 19.6 Å². The number of nitrogens with zero attached hydrogens (tertiary/aromatic N) is 1. The molecule has 0 aliphatic carbocycles. The number of amides is 2. The third-order valence-corrected chi connectivity index (χ3v) is 3.85. The van der Waals surface area contributed by atoms with E-state index in [0.717, 1.165) is 0 Å². The van der Waals surface area contributed by atoms with Gasteiger partial charge in [0, 0.05) is 25.2 Å². The predicted molar refractivity (Wildman–Crippen MR) is 76.5 cm³/mol. The minimum Gasteiger partial charge on any atom is -0.369 e. The lowest BCUT2D eigenvalue weighted by atomic mass is 9.98. The maximum atomic E-state index is 13.4. The second-order valence-electron chi connectivity index (χ2n) is 5.55. The molecule has 1 aliphatic heterocycles. The van der Waals surface area contributed by atoms with Gasteiger partial charge in [-0.25, -0.2) is 4.39 Å². The molecule has 1 saturated heterocycles. The second kappa shape index (κ2) is 6.67. The second-order valence-corrected chi connectivity index (χ2v) is 5.55. The quantitative estimate of drug-likeness (QED) is 0.830. The standard InChI is InChI=1S/C15H20FN3O2/c1-10-7-19(8-12(10)15(17)21)9-14(20)18-6-11-4-2-3-5-13(11)16/h2-5,10,12H,6-9H2,1H3,(H2,17,21)(H,18,20)/t10-,12-/m1/s1. The van der Waals surface area contributed by atoms with E-state index in [1.165, 1.54) is 6.07 Å². The lowest BCUT2D eigenvalue weighted by molar-refractivity contribution is -0.124. The van der Waals surface area contributed by atoms with Gasteiger partial charge in [-0.05, 0) is 12.0 Å². The van der Waals surface area contributed by atoms with E-state index in [0.29, 0.717) is 18.7 Å². The number of likely N-dealkylation sites (tertiary alicyclic amines) is 1. The number of nitrogens with two attached hydrogens (primary N) is 1. The lowest BCUT2D eigenvalue weighted by Gasteiger charge is -2.15. The summed E-state index contributed by atoms with van der Waals surface area (Å²) < 4.78 is 13.4. The molecule has 0 aromatic heterocycles. The highest BCUT2D eigenvalue weighted by Gasteiger charge is 2.33. The van der Waals surface area contributed by atoms with Gasteiger partial charge in [-0.3, -0.25) is 14.5 Å². The monoisotopic (exact) mass is 293 g/mol. The van der Waals surface area contributed by atoms with E-state index in [4.69, 9.17) is 5.73 Å². The summed E-state index contributed by atoms with van der Waals surface area (Å²) in [5, 5.41) is 2.69. The zero-order valence-electron chi connectivity index (χ0n) is 12.0. The Balaban J connectivity index is 1.81. The van der Waals surface area contributed by atoms with Gasteiger partial charge in [0.1, 0.15) is 5.82 Å². The summed E-state index contributed by atoms with van der Waals surface area (Å²) in [6.07, 6.45) is 0. The maximum absolute atomic E-state index is 13.4. The molecule has 1 fully saturated rings. The summed E-state index contributed by atoms with van der Waals surface area (Å²) >= 11 is 0. The Morgan fingerprint density at radius 2 is 2.10 bits per heavy atom. The van der Waals surface area contributed by atoms with Gasteiger partial charge in [0.15, 0.2) is 0 Å². The maximum Gasteiger partial charge on any atom is 0.234 e. The highest BCUT2D eigenvalue weighted by atomic mass is 19.1. The SMILES string of the molecule is C[C@@H]1CN(CC(=O)NCc2ccccc2F)C[C@H]1C(N)=O.